The third-order valence-electron chi connectivity index (χ3n) is 2.38. The minimum Gasteiger partial charge on any atom is -0.380 e. The van der Waals surface area contributed by atoms with Crippen LogP contribution < -0.4 is 10.6 Å². The van der Waals surface area contributed by atoms with Crippen molar-refractivity contribution in [3.8, 4) is 0 Å². The summed E-state index contributed by atoms with van der Waals surface area (Å²) < 4.78 is 0. The third kappa shape index (κ3) is 1.95. The number of amides is 1. The molecule has 0 fully saturated rings. The lowest BCUT2D eigenvalue weighted by Gasteiger charge is -2.10. The summed E-state index contributed by atoms with van der Waals surface area (Å²) in [5, 5.41) is 16.3. The van der Waals surface area contributed by atoms with Crippen LogP contribution in [0.15, 0.2) is 18.2 Å². The summed E-state index contributed by atoms with van der Waals surface area (Å²) in [5.74, 6) is -0.140. The Bertz CT molecular complexity index is 459. The number of non-ortho nitro benzene ring substituents is 1. The maximum absolute atomic E-state index is 11.4. The Morgan fingerprint density at radius 2 is 2.19 bits per heavy atom. The molecule has 1 aliphatic heterocycles. The minimum atomic E-state index is -0.485. The largest absolute Gasteiger partial charge is 0.380 e. The number of rotatable bonds is 1. The van der Waals surface area contributed by atoms with Crippen molar-refractivity contribution in [2.24, 2.45) is 0 Å². The highest BCUT2D eigenvalue weighted by atomic mass is 16.6. The minimum absolute atomic E-state index is 0.0164. The first kappa shape index (κ1) is 10.4. The first-order valence-electron chi connectivity index (χ1n) is 4.91. The van der Waals surface area contributed by atoms with Crippen LogP contribution in [0.5, 0.6) is 0 Å². The predicted octanol–water partition coefficient (Wildman–Crippen LogP) is 1.74. The van der Waals surface area contributed by atoms with Gasteiger partial charge in [-0.3, -0.25) is 14.9 Å². The van der Waals surface area contributed by atoms with Crippen LogP contribution >= 0.6 is 0 Å². The molecular formula is C10H11N3O3. The fraction of sp³-hybridized carbons (Fsp3) is 0.300. The summed E-state index contributed by atoms with van der Waals surface area (Å²) in [7, 11) is 0. The molecule has 1 aromatic rings. The first-order chi connectivity index (χ1) is 7.56. The van der Waals surface area contributed by atoms with E-state index in [2.05, 4.69) is 10.6 Å². The monoisotopic (exact) mass is 221 g/mol. The number of nitro benzene ring substituents is 1. The molecule has 16 heavy (non-hydrogen) atoms. The van der Waals surface area contributed by atoms with Gasteiger partial charge in [0.05, 0.1) is 16.3 Å². The number of nitro groups is 1. The summed E-state index contributed by atoms with van der Waals surface area (Å²) >= 11 is 0. The number of benzene rings is 1. The van der Waals surface area contributed by atoms with E-state index in [1.54, 1.807) is 6.07 Å². The van der Waals surface area contributed by atoms with Crippen molar-refractivity contribution >= 4 is 23.0 Å². The van der Waals surface area contributed by atoms with E-state index in [0.717, 1.165) is 0 Å². The Kier molecular flexibility index (Phi) is 2.47. The molecule has 0 spiro atoms. The van der Waals surface area contributed by atoms with Gasteiger partial charge in [0.1, 0.15) is 0 Å². The molecule has 0 aromatic heterocycles. The van der Waals surface area contributed by atoms with E-state index in [0.29, 0.717) is 17.8 Å². The summed E-state index contributed by atoms with van der Waals surface area (Å²) in [6, 6.07) is 4.40. The molecule has 1 atom stereocenters. The van der Waals surface area contributed by atoms with Crippen LogP contribution in [-0.4, -0.2) is 16.9 Å². The van der Waals surface area contributed by atoms with Gasteiger partial charge in [-0.25, -0.2) is 0 Å². The van der Waals surface area contributed by atoms with Crippen molar-refractivity contribution in [1.82, 2.24) is 0 Å². The standard InChI is InChI=1S/C10H11N3O3/c1-6-4-10(14)12-9-5-7(13(15)16)2-3-8(9)11-6/h2-3,5-6,11H,4H2,1H3,(H,12,14). The molecule has 0 saturated carbocycles. The van der Waals surface area contributed by atoms with Crippen molar-refractivity contribution in [2.75, 3.05) is 10.6 Å². The summed E-state index contributed by atoms with van der Waals surface area (Å²) in [5.41, 5.74) is 1.14. The van der Waals surface area contributed by atoms with Gasteiger partial charge in [-0.15, -0.1) is 0 Å². The molecule has 1 heterocycles. The number of carbonyl (C=O) groups excluding carboxylic acids is 1. The van der Waals surface area contributed by atoms with Crippen molar-refractivity contribution in [3.63, 3.8) is 0 Å². The fourth-order valence-electron chi connectivity index (χ4n) is 1.67. The smallest absolute Gasteiger partial charge is 0.271 e. The molecule has 2 rings (SSSR count). The Labute approximate surface area is 91.8 Å². The molecule has 6 heteroatoms. The second-order valence-corrected chi connectivity index (χ2v) is 3.78. The van der Waals surface area contributed by atoms with Gasteiger partial charge in [0.25, 0.3) is 5.69 Å². The van der Waals surface area contributed by atoms with Crippen LogP contribution in [0.25, 0.3) is 0 Å². The molecule has 1 aromatic carbocycles. The van der Waals surface area contributed by atoms with E-state index in [4.69, 9.17) is 0 Å². The van der Waals surface area contributed by atoms with Crippen LogP contribution in [0.1, 0.15) is 13.3 Å². The van der Waals surface area contributed by atoms with Crippen molar-refractivity contribution in [2.45, 2.75) is 19.4 Å². The average molecular weight is 221 g/mol. The zero-order chi connectivity index (χ0) is 11.7. The van der Waals surface area contributed by atoms with Gasteiger partial charge in [0.15, 0.2) is 0 Å². The van der Waals surface area contributed by atoms with Gasteiger partial charge in [0.2, 0.25) is 5.91 Å². The van der Waals surface area contributed by atoms with Crippen LogP contribution in [0.2, 0.25) is 0 Å². The highest BCUT2D eigenvalue weighted by Crippen LogP contribution is 2.29. The number of hydrogen-bond acceptors (Lipinski definition) is 4. The molecule has 1 unspecified atom stereocenters. The second kappa shape index (κ2) is 3.80. The molecule has 6 nitrogen and oxygen atoms in total. The third-order valence-corrected chi connectivity index (χ3v) is 2.38. The fourth-order valence-corrected chi connectivity index (χ4v) is 1.67. The number of anilines is 2. The Hall–Kier alpha value is -2.11. The zero-order valence-corrected chi connectivity index (χ0v) is 8.69. The highest BCUT2D eigenvalue weighted by molar-refractivity contribution is 5.96. The van der Waals surface area contributed by atoms with Crippen LogP contribution in [0.3, 0.4) is 0 Å². The summed E-state index contributed by atoms with van der Waals surface area (Å²) in [6.07, 6.45) is 0.350. The van der Waals surface area contributed by atoms with E-state index in [1.807, 2.05) is 6.92 Å². The van der Waals surface area contributed by atoms with Crippen molar-refractivity contribution < 1.29 is 9.72 Å². The maximum atomic E-state index is 11.4. The van der Waals surface area contributed by atoms with Gasteiger partial charge in [-0.2, -0.15) is 0 Å². The van der Waals surface area contributed by atoms with Crippen molar-refractivity contribution in [1.29, 1.82) is 0 Å². The predicted molar refractivity (Wildman–Crippen MR) is 59.4 cm³/mol. The molecule has 2 N–H and O–H groups in total. The number of carbonyl (C=O) groups is 1. The highest BCUT2D eigenvalue weighted by Gasteiger charge is 2.19. The Balaban J connectivity index is 2.42. The number of fused-ring (bicyclic) bond motifs is 1. The van der Waals surface area contributed by atoms with Crippen molar-refractivity contribution in [3.05, 3.63) is 28.3 Å². The molecule has 0 aliphatic carbocycles. The summed E-state index contributed by atoms with van der Waals surface area (Å²) in [6.45, 7) is 1.89. The molecule has 84 valence electrons. The maximum Gasteiger partial charge on any atom is 0.271 e. The van der Waals surface area contributed by atoms with Gasteiger partial charge < -0.3 is 10.6 Å². The Morgan fingerprint density at radius 1 is 1.44 bits per heavy atom. The van der Waals surface area contributed by atoms with E-state index >= 15 is 0 Å². The first-order valence-corrected chi connectivity index (χ1v) is 4.91. The quantitative estimate of drug-likeness (QED) is 0.558. The lowest BCUT2D eigenvalue weighted by Crippen LogP contribution is -2.18. The van der Waals surface area contributed by atoms with Gasteiger partial charge >= 0.3 is 0 Å². The van der Waals surface area contributed by atoms with E-state index in [-0.39, 0.29) is 17.6 Å². The molecule has 0 bridgehead atoms. The van der Waals surface area contributed by atoms with Crippen LogP contribution in [0, 0.1) is 10.1 Å². The van der Waals surface area contributed by atoms with Crippen LogP contribution in [0.4, 0.5) is 17.1 Å². The van der Waals surface area contributed by atoms with Gasteiger partial charge in [0, 0.05) is 24.6 Å². The van der Waals surface area contributed by atoms with E-state index < -0.39 is 4.92 Å². The van der Waals surface area contributed by atoms with E-state index in [1.165, 1.54) is 12.1 Å². The average Bonchev–Trinajstić information content (AvgIpc) is 2.32. The van der Waals surface area contributed by atoms with Crippen LogP contribution in [-0.2, 0) is 4.79 Å². The normalized spacial score (nSPS) is 19.1. The second-order valence-electron chi connectivity index (χ2n) is 3.78. The molecule has 1 amide bonds. The number of nitrogens with one attached hydrogen (secondary N) is 2. The molecule has 0 radical (unpaired) electrons. The summed E-state index contributed by atoms with van der Waals surface area (Å²) in [4.78, 5) is 21.5. The number of hydrogen-bond donors (Lipinski definition) is 2. The molecule has 1 aliphatic rings. The SMILES string of the molecule is CC1CC(=O)Nc2cc([N+](=O)[O-])ccc2N1. The zero-order valence-electron chi connectivity index (χ0n) is 8.69. The lowest BCUT2D eigenvalue weighted by atomic mass is 10.2. The topological polar surface area (TPSA) is 84.3 Å². The van der Waals surface area contributed by atoms with Gasteiger partial charge in [-0.05, 0) is 13.0 Å². The molecular weight excluding hydrogens is 210 g/mol. The molecule has 0 saturated heterocycles. The van der Waals surface area contributed by atoms with E-state index in [9.17, 15) is 14.9 Å². The lowest BCUT2D eigenvalue weighted by molar-refractivity contribution is -0.384. The van der Waals surface area contributed by atoms with Gasteiger partial charge in [-0.1, -0.05) is 0 Å². The number of nitrogens with zero attached hydrogens (tertiary/aromatic N) is 1. The Morgan fingerprint density at radius 3 is 2.88 bits per heavy atom.